The number of nitrogens with zero attached hydrogens (tertiary/aromatic N) is 2. The molecule has 2 aromatic carbocycles. The van der Waals surface area contributed by atoms with Crippen molar-refractivity contribution < 1.29 is 23.8 Å². The number of fused-ring (bicyclic) bond motifs is 1. The minimum atomic E-state index is -0.792. The Hall–Kier alpha value is -4.53. The molecule has 4 aromatic rings. The van der Waals surface area contributed by atoms with E-state index in [1.165, 1.54) is 33.5 Å². The Bertz CT molecular complexity index is 1310. The molecule has 180 valence electrons. The molecule has 2 N–H and O–H groups in total. The van der Waals surface area contributed by atoms with Crippen LogP contribution in [0, 0.1) is 0 Å². The lowest BCUT2D eigenvalue weighted by atomic mass is 10.1. The summed E-state index contributed by atoms with van der Waals surface area (Å²) in [5.41, 5.74) is 3.50. The van der Waals surface area contributed by atoms with Crippen molar-refractivity contribution in [2.24, 2.45) is 0 Å². The summed E-state index contributed by atoms with van der Waals surface area (Å²) in [6, 6.07) is 15.4. The van der Waals surface area contributed by atoms with E-state index in [2.05, 4.69) is 15.6 Å². The fourth-order valence-corrected chi connectivity index (χ4v) is 3.61. The van der Waals surface area contributed by atoms with E-state index in [0.717, 1.165) is 16.9 Å². The summed E-state index contributed by atoms with van der Waals surface area (Å²) in [6.07, 6.45) is 3.89. The first-order valence-corrected chi connectivity index (χ1v) is 10.9. The molecular formula is C26H26N4O5. The van der Waals surface area contributed by atoms with Crippen LogP contribution in [0.1, 0.15) is 17.3 Å². The van der Waals surface area contributed by atoms with Crippen molar-refractivity contribution in [3.05, 3.63) is 72.6 Å². The Morgan fingerprint density at radius 1 is 0.943 bits per heavy atom. The molecule has 1 atom stereocenters. The van der Waals surface area contributed by atoms with Crippen LogP contribution in [-0.2, 0) is 4.79 Å². The van der Waals surface area contributed by atoms with Crippen LogP contribution in [-0.4, -0.2) is 48.6 Å². The van der Waals surface area contributed by atoms with Gasteiger partial charge in [-0.1, -0.05) is 18.2 Å². The van der Waals surface area contributed by atoms with Gasteiger partial charge >= 0.3 is 0 Å². The van der Waals surface area contributed by atoms with Gasteiger partial charge in [0, 0.05) is 29.2 Å². The molecular weight excluding hydrogens is 448 g/mol. The number of carbonyl (C=O) groups excluding carboxylic acids is 2. The highest BCUT2D eigenvalue weighted by Crippen LogP contribution is 2.38. The van der Waals surface area contributed by atoms with Crippen molar-refractivity contribution in [3.8, 4) is 28.5 Å². The molecule has 0 aliphatic rings. The van der Waals surface area contributed by atoms with Crippen LogP contribution in [0.4, 0.5) is 5.69 Å². The van der Waals surface area contributed by atoms with E-state index in [1.54, 1.807) is 19.1 Å². The Labute approximate surface area is 202 Å². The molecule has 0 aliphatic heterocycles. The topological polar surface area (TPSA) is 103 Å². The molecule has 4 rings (SSSR count). The van der Waals surface area contributed by atoms with Crippen molar-refractivity contribution in [2.45, 2.75) is 13.0 Å². The van der Waals surface area contributed by atoms with Gasteiger partial charge in [-0.25, -0.2) is 4.98 Å². The highest BCUT2D eigenvalue weighted by Gasteiger charge is 2.21. The first-order valence-electron chi connectivity index (χ1n) is 10.9. The van der Waals surface area contributed by atoms with Crippen LogP contribution in [0.3, 0.4) is 0 Å². The number of ether oxygens (including phenoxy) is 3. The third-order valence-electron chi connectivity index (χ3n) is 5.48. The van der Waals surface area contributed by atoms with Crippen LogP contribution >= 0.6 is 0 Å². The van der Waals surface area contributed by atoms with Crippen LogP contribution in [0.25, 0.3) is 16.9 Å². The molecule has 35 heavy (non-hydrogen) atoms. The molecule has 2 heterocycles. The minimum Gasteiger partial charge on any atom is -0.493 e. The Balaban J connectivity index is 1.41. The Morgan fingerprint density at radius 2 is 1.63 bits per heavy atom. The summed E-state index contributed by atoms with van der Waals surface area (Å²) >= 11 is 0. The first-order chi connectivity index (χ1) is 16.9. The standard InChI is InChI=1S/C26H26N4O5/c1-16(27-26(32)18-13-21(33-2)24(35-4)22(14-18)34-3)25(31)28-19-10-8-17(9-11-19)20-15-30-12-6-5-7-23(30)29-20/h5-16H,1-4H3,(H,27,32)(H,28,31)/t16-/m0/s1. The normalized spacial score (nSPS) is 11.5. The molecule has 0 radical (unpaired) electrons. The largest absolute Gasteiger partial charge is 0.493 e. The lowest BCUT2D eigenvalue weighted by Gasteiger charge is -2.17. The van der Waals surface area contributed by atoms with E-state index in [0.29, 0.717) is 22.9 Å². The molecule has 9 heteroatoms. The van der Waals surface area contributed by atoms with E-state index in [-0.39, 0.29) is 11.5 Å². The summed E-state index contributed by atoms with van der Waals surface area (Å²) in [7, 11) is 4.42. The molecule has 0 saturated heterocycles. The summed E-state index contributed by atoms with van der Waals surface area (Å²) < 4.78 is 17.8. The molecule has 0 fully saturated rings. The number of hydrogen-bond acceptors (Lipinski definition) is 6. The van der Waals surface area contributed by atoms with E-state index in [4.69, 9.17) is 14.2 Å². The molecule has 0 saturated carbocycles. The number of rotatable bonds is 8. The quantitative estimate of drug-likeness (QED) is 0.403. The average Bonchev–Trinajstić information content (AvgIpc) is 3.32. The maximum atomic E-state index is 12.8. The monoisotopic (exact) mass is 474 g/mol. The van der Waals surface area contributed by atoms with Crippen molar-refractivity contribution in [1.82, 2.24) is 14.7 Å². The maximum absolute atomic E-state index is 12.8. The third-order valence-corrected chi connectivity index (χ3v) is 5.48. The van der Waals surface area contributed by atoms with Gasteiger partial charge < -0.3 is 29.2 Å². The summed E-state index contributed by atoms with van der Waals surface area (Å²) in [5, 5.41) is 5.51. The van der Waals surface area contributed by atoms with Gasteiger partial charge in [-0.15, -0.1) is 0 Å². The maximum Gasteiger partial charge on any atom is 0.252 e. The number of aromatic nitrogens is 2. The first kappa shape index (κ1) is 23.6. The van der Waals surface area contributed by atoms with E-state index in [9.17, 15) is 9.59 Å². The molecule has 2 amide bonds. The van der Waals surface area contributed by atoms with Gasteiger partial charge in [-0.05, 0) is 43.3 Å². The van der Waals surface area contributed by atoms with Gasteiger partial charge in [0.1, 0.15) is 11.7 Å². The molecule has 0 spiro atoms. The van der Waals surface area contributed by atoms with Gasteiger partial charge in [0.05, 0.1) is 27.0 Å². The van der Waals surface area contributed by atoms with Crippen molar-refractivity contribution in [3.63, 3.8) is 0 Å². The van der Waals surface area contributed by atoms with Crippen LogP contribution in [0.15, 0.2) is 67.0 Å². The smallest absolute Gasteiger partial charge is 0.252 e. The number of hydrogen-bond donors (Lipinski definition) is 2. The second kappa shape index (κ2) is 10.2. The zero-order valence-corrected chi connectivity index (χ0v) is 19.9. The summed E-state index contributed by atoms with van der Waals surface area (Å²) in [5.74, 6) is 0.268. The fraction of sp³-hybridized carbons (Fsp3) is 0.192. The van der Waals surface area contributed by atoms with Crippen LogP contribution in [0.2, 0.25) is 0 Å². The highest BCUT2D eigenvalue weighted by atomic mass is 16.5. The van der Waals surface area contributed by atoms with Crippen molar-refractivity contribution >= 4 is 23.1 Å². The van der Waals surface area contributed by atoms with E-state index in [1.807, 2.05) is 47.1 Å². The number of benzene rings is 2. The van der Waals surface area contributed by atoms with Gasteiger partial charge in [0.25, 0.3) is 5.91 Å². The predicted molar refractivity (Wildman–Crippen MR) is 132 cm³/mol. The number of imidazole rings is 1. The van der Waals surface area contributed by atoms with E-state index < -0.39 is 11.9 Å². The molecule has 0 unspecified atom stereocenters. The molecule has 0 bridgehead atoms. The SMILES string of the molecule is COc1cc(C(=O)N[C@@H](C)C(=O)Nc2ccc(-c3cn4ccccc4n3)cc2)cc(OC)c1OC. The summed E-state index contributed by atoms with van der Waals surface area (Å²) in [4.78, 5) is 30.1. The van der Waals surface area contributed by atoms with Crippen LogP contribution < -0.4 is 24.8 Å². The zero-order valence-electron chi connectivity index (χ0n) is 19.9. The zero-order chi connectivity index (χ0) is 24.9. The molecule has 9 nitrogen and oxygen atoms in total. The Kier molecular flexibility index (Phi) is 6.86. The second-order valence-electron chi connectivity index (χ2n) is 7.77. The number of methoxy groups -OCH3 is 3. The number of nitrogens with one attached hydrogen (secondary N) is 2. The van der Waals surface area contributed by atoms with Gasteiger partial charge in [0.15, 0.2) is 11.5 Å². The lowest BCUT2D eigenvalue weighted by Crippen LogP contribution is -2.41. The van der Waals surface area contributed by atoms with Crippen LogP contribution in [0.5, 0.6) is 17.2 Å². The second-order valence-corrected chi connectivity index (χ2v) is 7.77. The number of pyridine rings is 1. The fourth-order valence-electron chi connectivity index (χ4n) is 3.61. The third kappa shape index (κ3) is 5.03. The number of anilines is 1. The van der Waals surface area contributed by atoms with Gasteiger partial charge in [-0.3, -0.25) is 9.59 Å². The van der Waals surface area contributed by atoms with Gasteiger partial charge in [0.2, 0.25) is 11.7 Å². The van der Waals surface area contributed by atoms with Crippen molar-refractivity contribution in [1.29, 1.82) is 0 Å². The summed E-state index contributed by atoms with van der Waals surface area (Å²) in [6.45, 7) is 1.61. The minimum absolute atomic E-state index is 0.274. The molecule has 2 aromatic heterocycles. The van der Waals surface area contributed by atoms with Crippen molar-refractivity contribution in [2.75, 3.05) is 26.6 Å². The average molecular weight is 475 g/mol. The number of carbonyl (C=O) groups is 2. The lowest BCUT2D eigenvalue weighted by molar-refractivity contribution is -0.117. The molecule has 0 aliphatic carbocycles. The van der Waals surface area contributed by atoms with Gasteiger partial charge in [-0.2, -0.15) is 0 Å². The number of amides is 2. The Morgan fingerprint density at radius 3 is 2.23 bits per heavy atom. The highest BCUT2D eigenvalue weighted by molar-refractivity contribution is 6.01. The van der Waals surface area contributed by atoms with E-state index >= 15 is 0 Å². The predicted octanol–water partition coefficient (Wildman–Crippen LogP) is 3.78.